The van der Waals surface area contributed by atoms with Gasteiger partial charge in [0.25, 0.3) is 0 Å². The molecule has 1 heteroatoms. The van der Waals surface area contributed by atoms with Gasteiger partial charge in [0.05, 0.1) is 0 Å². The van der Waals surface area contributed by atoms with Gasteiger partial charge in [0.1, 0.15) is 0 Å². The molecule has 3 unspecified atom stereocenters. The Morgan fingerprint density at radius 1 is 0.784 bits per heavy atom. The van der Waals surface area contributed by atoms with Crippen LogP contribution in [0.3, 0.4) is 0 Å². The number of hydrogen-bond donors (Lipinski definition) is 0. The lowest BCUT2D eigenvalue weighted by atomic mass is 9.61. The molecule has 0 nitrogen and oxygen atoms in total. The predicted molar refractivity (Wildman–Crippen MR) is 162 cm³/mol. The van der Waals surface area contributed by atoms with Crippen molar-refractivity contribution in [1.82, 2.24) is 0 Å². The average molecular weight is 544 g/mol. The Morgan fingerprint density at radius 3 is 2.46 bits per heavy atom. The molecule has 5 aromatic rings. The van der Waals surface area contributed by atoms with Crippen molar-refractivity contribution >= 4 is 37.5 Å². The molecule has 0 aliphatic heterocycles. The Labute approximate surface area is 228 Å². The van der Waals surface area contributed by atoms with Crippen molar-refractivity contribution in [3.05, 3.63) is 119 Å². The summed E-state index contributed by atoms with van der Waals surface area (Å²) in [6.07, 6.45) is 3.51. The largest absolute Gasteiger partial charge is 0.0998 e. The number of halogens is 1. The lowest BCUT2D eigenvalue weighted by Gasteiger charge is -2.42. The second-order valence-corrected chi connectivity index (χ2v) is 12.5. The van der Waals surface area contributed by atoms with Crippen molar-refractivity contribution in [2.75, 3.05) is 0 Å². The number of benzene rings is 5. The van der Waals surface area contributed by atoms with Crippen molar-refractivity contribution < 1.29 is 0 Å². The summed E-state index contributed by atoms with van der Waals surface area (Å²) in [5.41, 5.74) is 9.81. The normalized spacial score (nSPS) is 22.8. The van der Waals surface area contributed by atoms with Gasteiger partial charge in [-0.15, -0.1) is 0 Å². The van der Waals surface area contributed by atoms with Gasteiger partial charge >= 0.3 is 0 Å². The zero-order valence-corrected chi connectivity index (χ0v) is 23.1. The van der Waals surface area contributed by atoms with Crippen LogP contribution in [-0.4, -0.2) is 0 Å². The Kier molecular flexibility index (Phi) is 5.24. The summed E-state index contributed by atoms with van der Waals surface area (Å²) in [7, 11) is 0. The highest BCUT2D eigenvalue weighted by Crippen LogP contribution is 2.60. The van der Waals surface area contributed by atoms with E-state index < -0.39 is 0 Å². The van der Waals surface area contributed by atoms with Crippen LogP contribution in [0.4, 0.5) is 0 Å². The van der Waals surface area contributed by atoms with E-state index in [0.29, 0.717) is 11.8 Å². The molecule has 5 aromatic carbocycles. The molecule has 0 radical (unpaired) electrons. The van der Waals surface area contributed by atoms with E-state index >= 15 is 0 Å². The molecule has 182 valence electrons. The van der Waals surface area contributed by atoms with Gasteiger partial charge in [-0.05, 0) is 104 Å². The first kappa shape index (κ1) is 23.0. The van der Waals surface area contributed by atoms with E-state index in [2.05, 4.69) is 127 Å². The Balaban J connectivity index is 1.53. The number of hydrogen-bond acceptors (Lipinski definition) is 0. The molecule has 0 N–H and O–H groups in total. The summed E-state index contributed by atoms with van der Waals surface area (Å²) in [5, 5.41) is 5.27. The smallest absolute Gasteiger partial charge is 0.0224 e. The van der Waals surface area contributed by atoms with Crippen LogP contribution in [0.2, 0.25) is 0 Å². The van der Waals surface area contributed by atoms with Crippen LogP contribution in [0.25, 0.3) is 43.8 Å². The third kappa shape index (κ3) is 3.47. The first-order valence-corrected chi connectivity index (χ1v) is 14.2. The predicted octanol–water partition coefficient (Wildman–Crippen LogP) is 10.7. The lowest BCUT2D eigenvalue weighted by Crippen LogP contribution is -2.35. The van der Waals surface area contributed by atoms with Gasteiger partial charge in [0.2, 0.25) is 0 Å². The van der Waals surface area contributed by atoms with Crippen molar-refractivity contribution in [1.29, 1.82) is 0 Å². The van der Waals surface area contributed by atoms with Gasteiger partial charge < -0.3 is 0 Å². The summed E-state index contributed by atoms with van der Waals surface area (Å²) in [4.78, 5) is 0. The highest BCUT2D eigenvalue weighted by molar-refractivity contribution is 9.10. The molecule has 0 bridgehead atoms. The van der Waals surface area contributed by atoms with Crippen LogP contribution >= 0.6 is 15.9 Å². The SMILES string of the molecule is C=C1CC(C)CC(C2(C)c3cccc(-c4ccc5ccc(Br)cc5c4)c3-c3ccc4ccccc4c32)C1. The highest BCUT2D eigenvalue weighted by Gasteiger charge is 2.48. The lowest BCUT2D eigenvalue weighted by molar-refractivity contribution is 0.250. The zero-order valence-electron chi connectivity index (χ0n) is 21.5. The molecule has 3 atom stereocenters. The van der Waals surface area contributed by atoms with Gasteiger partial charge in [-0.1, -0.05) is 115 Å². The number of rotatable bonds is 2. The van der Waals surface area contributed by atoms with Gasteiger partial charge in [-0.25, -0.2) is 0 Å². The van der Waals surface area contributed by atoms with Crippen molar-refractivity contribution in [3.8, 4) is 22.3 Å². The fourth-order valence-electron chi connectivity index (χ4n) is 7.52. The van der Waals surface area contributed by atoms with Gasteiger partial charge in [-0.2, -0.15) is 0 Å². The average Bonchev–Trinajstić information content (AvgIpc) is 3.17. The summed E-state index contributed by atoms with van der Waals surface area (Å²) < 4.78 is 1.12. The van der Waals surface area contributed by atoms with Crippen LogP contribution in [-0.2, 0) is 5.41 Å². The van der Waals surface area contributed by atoms with Crippen LogP contribution in [0.15, 0.2) is 108 Å². The second-order valence-electron chi connectivity index (χ2n) is 11.5. The molecular formula is C36H31Br. The second kappa shape index (κ2) is 8.43. The summed E-state index contributed by atoms with van der Waals surface area (Å²) in [6.45, 7) is 9.43. The number of allylic oxidation sites excluding steroid dienone is 1. The molecule has 0 spiro atoms. The molecule has 0 heterocycles. The Morgan fingerprint density at radius 2 is 1.59 bits per heavy atom. The molecule has 1 saturated carbocycles. The molecular weight excluding hydrogens is 512 g/mol. The molecule has 37 heavy (non-hydrogen) atoms. The van der Waals surface area contributed by atoms with E-state index in [-0.39, 0.29) is 5.41 Å². The molecule has 0 saturated heterocycles. The van der Waals surface area contributed by atoms with Crippen LogP contribution in [0, 0.1) is 11.8 Å². The first-order chi connectivity index (χ1) is 17.9. The minimum Gasteiger partial charge on any atom is -0.0998 e. The molecule has 7 rings (SSSR count). The molecule has 2 aliphatic rings. The number of fused-ring (bicyclic) bond motifs is 6. The Bertz CT molecular complexity index is 1720. The van der Waals surface area contributed by atoms with E-state index in [9.17, 15) is 0 Å². The van der Waals surface area contributed by atoms with E-state index in [4.69, 9.17) is 0 Å². The van der Waals surface area contributed by atoms with E-state index in [0.717, 1.165) is 17.3 Å². The third-order valence-corrected chi connectivity index (χ3v) is 9.62. The van der Waals surface area contributed by atoms with Gasteiger partial charge in [0.15, 0.2) is 0 Å². The maximum Gasteiger partial charge on any atom is 0.0224 e. The summed E-state index contributed by atoms with van der Waals surface area (Å²) >= 11 is 3.67. The minimum atomic E-state index is -0.0565. The van der Waals surface area contributed by atoms with Crippen molar-refractivity contribution in [2.24, 2.45) is 11.8 Å². The molecule has 2 aliphatic carbocycles. The highest BCUT2D eigenvalue weighted by atomic mass is 79.9. The summed E-state index contributed by atoms with van der Waals surface area (Å²) in [5.74, 6) is 1.21. The quantitative estimate of drug-likeness (QED) is 0.194. The first-order valence-electron chi connectivity index (χ1n) is 13.5. The molecule has 0 amide bonds. The topological polar surface area (TPSA) is 0 Å². The standard InChI is InChI=1S/C36H31Br/c1-22-17-23(2)19-28(18-22)36(3)33-10-6-9-30(26-12-11-24-13-15-29(37)21-27(24)20-26)34(33)32-16-14-25-7-4-5-8-31(25)35(32)36/h4-16,20-21,23,28H,1,17-19H2,2-3H3. The fraction of sp³-hybridized carbons (Fsp3) is 0.222. The molecule has 1 fully saturated rings. The van der Waals surface area contributed by atoms with Gasteiger partial charge in [-0.3, -0.25) is 0 Å². The minimum absolute atomic E-state index is 0.0565. The summed E-state index contributed by atoms with van der Waals surface area (Å²) in [6, 6.07) is 34.2. The maximum absolute atomic E-state index is 4.49. The maximum atomic E-state index is 4.49. The van der Waals surface area contributed by atoms with Crippen LogP contribution in [0.1, 0.15) is 44.2 Å². The van der Waals surface area contributed by atoms with Crippen molar-refractivity contribution in [2.45, 2.75) is 38.5 Å². The van der Waals surface area contributed by atoms with E-state index in [1.54, 1.807) is 0 Å². The van der Waals surface area contributed by atoms with E-state index in [1.807, 2.05) is 0 Å². The monoisotopic (exact) mass is 542 g/mol. The van der Waals surface area contributed by atoms with Gasteiger partial charge in [0, 0.05) is 9.89 Å². The van der Waals surface area contributed by atoms with Crippen LogP contribution in [0.5, 0.6) is 0 Å². The third-order valence-electron chi connectivity index (χ3n) is 9.13. The van der Waals surface area contributed by atoms with Crippen molar-refractivity contribution in [3.63, 3.8) is 0 Å². The van der Waals surface area contributed by atoms with Crippen LogP contribution < -0.4 is 0 Å². The fourth-order valence-corrected chi connectivity index (χ4v) is 7.89. The zero-order chi connectivity index (χ0) is 25.3. The molecule has 0 aromatic heterocycles. The van der Waals surface area contributed by atoms with E-state index in [1.165, 1.54) is 66.9 Å². The Hall–Kier alpha value is -3.16.